The van der Waals surface area contributed by atoms with Crippen molar-refractivity contribution >= 4 is 32.1 Å². The maximum Gasteiger partial charge on any atom is 0.129 e. The quantitative estimate of drug-likeness (QED) is 0.686. The average Bonchev–Trinajstić information content (AvgIpc) is 3.02. The van der Waals surface area contributed by atoms with E-state index in [-0.39, 0.29) is 6.04 Å². The molecule has 110 valence electrons. The van der Waals surface area contributed by atoms with Crippen LogP contribution < -0.4 is 5.32 Å². The fourth-order valence-electron chi connectivity index (χ4n) is 2.38. The number of thiophene rings is 2. The van der Waals surface area contributed by atoms with Crippen molar-refractivity contribution in [2.75, 3.05) is 6.54 Å². The Balaban J connectivity index is 1.88. The predicted molar refractivity (Wildman–Crippen MR) is 86.2 cm³/mol. The van der Waals surface area contributed by atoms with Crippen LogP contribution in [0.15, 0.2) is 35.7 Å². The largest absolute Gasteiger partial charge is 0.309 e. The molecule has 0 aliphatic carbocycles. The van der Waals surface area contributed by atoms with Crippen LogP contribution in [0.1, 0.15) is 23.4 Å². The fraction of sp³-hybridized carbons (Fsp3) is 0.250. The molecule has 1 nitrogen and oxygen atoms in total. The molecule has 3 aromatic rings. The van der Waals surface area contributed by atoms with Gasteiger partial charge in [-0.25, -0.2) is 8.78 Å². The summed E-state index contributed by atoms with van der Waals surface area (Å²) in [5.41, 5.74) is 0.541. The molecule has 5 heteroatoms. The molecule has 0 saturated carbocycles. The second-order valence-corrected chi connectivity index (χ2v) is 6.91. The smallest absolute Gasteiger partial charge is 0.129 e. The highest BCUT2D eigenvalue weighted by molar-refractivity contribution is 7.26. The molecule has 2 aromatic heterocycles. The van der Waals surface area contributed by atoms with Crippen molar-refractivity contribution in [2.24, 2.45) is 0 Å². The molecule has 0 fully saturated rings. The highest BCUT2D eigenvalue weighted by Gasteiger charge is 2.17. The molecule has 0 spiro atoms. The summed E-state index contributed by atoms with van der Waals surface area (Å²) in [5, 5.41) is 5.47. The molecule has 1 unspecified atom stereocenters. The number of fused-ring (bicyclic) bond motifs is 1. The normalized spacial score (nSPS) is 12.9. The van der Waals surface area contributed by atoms with Crippen LogP contribution in [-0.4, -0.2) is 6.54 Å². The lowest BCUT2D eigenvalue weighted by atomic mass is 10.0. The third-order valence-electron chi connectivity index (χ3n) is 3.39. The van der Waals surface area contributed by atoms with Gasteiger partial charge in [-0.1, -0.05) is 13.0 Å². The Kier molecular flexibility index (Phi) is 4.33. The first-order valence-corrected chi connectivity index (χ1v) is 8.51. The summed E-state index contributed by atoms with van der Waals surface area (Å²) in [4.78, 5) is 1.20. The molecule has 0 aliphatic heterocycles. The highest BCUT2D eigenvalue weighted by Crippen LogP contribution is 2.34. The van der Waals surface area contributed by atoms with Crippen LogP contribution in [0.5, 0.6) is 0 Å². The van der Waals surface area contributed by atoms with Crippen LogP contribution in [0.4, 0.5) is 8.78 Å². The van der Waals surface area contributed by atoms with Gasteiger partial charge in [0.25, 0.3) is 0 Å². The molecule has 0 saturated heterocycles. The molecule has 0 aliphatic rings. The summed E-state index contributed by atoms with van der Waals surface area (Å²) in [6.45, 7) is 2.84. The second kappa shape index (κ2) is 6.22. The lowest BCUT2D eigenvalue weighted by Gasteiger charge is -2.17. The number of benzene rings is 1. The zero-order chi connectivity index (χ0) is 14.8. The van der Waals surface area contributed by atoms with Gasteiger partial charge in [-0.3, -0.25) is 0 Å². The van der Waals surface area contributed by atoms with Crippen molar-refractivity contribution < 1.29 is 8.78 Å². The molecule has 0 radical (unpaired) electrons. The molecular formula is C16H15F2NS2. The Hall–Kier alpha value is -1.30. The van der Waals surface area contributed by atoms with Crippen LogP contribution >= 0.6 is 22.7 Å². The van der Waals surface area contributed by atoms with Crippen LogP contribution in [0, 0.1) is 11.6 Å². The SMILES string of the molecule is CCNC(Cc1ccc(F)cc1F)c1cc2sccc2s1. The third-order valence-corrected chi connectivity index (χ3v) is 5.60. The topological polar surface area (TPSA) is 12.0 Å². The van der Waals surface area contributed by atoms with Gasteiger partial charge in [0.05, 0.1) is 0 Å². The lowest BCUT2D eigenvalue weighted by molar-refractivity contribution is 0.526. The van der Waals surface area contributed by atoms with Crippen molar-refractivity contribution in [3.63, 3.8) is 0 Å². The molecule has 1 aromatic carbocycles. The number of likely N-dealkylation sites (N-methyl/N-ethyl adjacent to an activating group) is 1. The van der Waals surface area contributed by atoms with Gasteiger partial charge in [0.2, 0.25) is 0 Å². The molecule has 0 amide bonds. The number of hydrogen-bond donors (Lipinski definition) is 1. The van der Waals surface area contributed by atoms with Gasteiger partial charge in [0.15, 0.2) is 0 Å². The van der Waals surface area contributed by atoms with Crippen LogP contribution in [0.2, 0.25) is 0 Å². The van der Waals surface area contributed by atoms with Gasteiger partial charge in [0.1, 0.15) is 11.6 Å². The minimum Gasteiger partial charge on any atom is -0.309 e. The molecule has 1 atom stereocenters. The van der Waals surface area contributed by atoms with E-state index in [4.69, 9.17) is 0 Å². The zero-order valence-electron chi connectivity index (χ0n) is 11.5. The Morgan fingerprint density at radius 1 is 1.14 bits per heavy atom. The van der Waals surface area contributed by atoms with Gasteiger partial charge in [-0.05, 0) is 42.1 Å². The molecular weight excluding hydrogens is 308 g/mol. The molecule has 2 heterocycles. The standard InChI is InChI=1S/C16H15F2NS2/c1-2-19-13(7-10-3-4-11(17)8-12(10)18)15-9-16-14(21-15)5-6-20-16/h3-6,8-9,13,19H,2,7H2,1H3. The van der Waals surface area contributed by atoms with Crippen LogP contribution in [0.3, 0.4) is 0 Å². The van der Waals surface area contributed by atoms with E-state index in [9.17, 15) is 8.78 Å². The Morgan fingerprint density at radius 2 is 2.00 bits per heavy atom. The van der Waals surface area contributed by atoms with Gasteiger partial charge in [-0.15, -0.1) is 22.7 Å². The number of hydrogen-bond acceptors (Lipinski definition) is 3. The first-order chi connectivity index (χ1) is 10.2. The highest BCUT2D eigenvalue weighted by atomic mass is 32.1. The monoisotopic (exact) mass is 323 g/mol. The van der Waals surface area contributed by atoms with E-state index in [0.29, 0.717) is 12.0 Å². The lowest BCUT2D eigenvalue weighted by Crippen LogP contribution is -2.22. The fourth-order valence-corrected chi connectivity index (χ4v) is 4.58. The van der Waals surface area contributed by atoms with Crippen molar-refractivity contribution in [1.82, 2.24) is 5.32 Å². The molecule has 0 bridgehead atoms. The van der Waals surface area contributed by atoms with E-state index in [2.05, 4.69) is 22.8 Å². The van der Waals surface area contributed by atoms with Crippen molar-refractivity contribution in [3.05, 3.63) is 57.8 Å². The van der Waals surface area contributed by atoms with E-state index in [1.54, 1.807) is 22.7 Å². The van der Waals surface area contributed by atoms with E-state index in [1.165, 1.54) is 26.4 Å². The number of nitrogens with one attached hydrogen (secondary N) is 1. The maximum atomic E-state index is 13.8. The van der Waals surface area contributed by atoms with Gasteiger partial charge < -0.3 is 5.32 Å². The molecule has 1 N–H and O–H groups in total. The number of rotatable bonds is 5. The minimum absolute atomic E-state index is 0.0551. The molecule has 3 rings (SSSR count). The minimum atomic E-state index is -0.534. The molecule has 21 heavy (non-hydrogen) atoms. The summed E-state index contributed by atoms with van der Waals surface area (Å²) in [6.07, 6.45) is 0.522. The summed E-state index contributed by atoms with van der Waals surface area (Å²) in [5.74, 6) is -1.01. The summed E-state index contributed by atoms with van der Waals surface area (Å²) >= 11 is 3.45. The van der Waals surface area contributed by atoms with Crippen molar-refractivity contribution in [1.29, 1.82) is 0 Å². The van der Waals surface area contributed by atoms with Crippen LogP contribution in [-0.2, 0) is 6.42 Å². The summed E-state index contributed by atoms with van der Waals surface area (Å²) in [7, 11) is 0. The second-order valence-electron chi connectivity index (χ2n) is 4.85. The van der Waals surface area contributed by atoms with Crippen molar-refractivity contribution in [3.8, 4) is 0 Å². The average molecular weight is 323 g/mol. The third kappa shape index (κ3) is 3.15. The van der Waals surface area contributed by atoms with E-state index >= 15 is 0 Å². The first-order valence-electron chi connectivity index (χ1n) is 6.81. The van der Waals surface area contributed by atoms with E-state index in [0.717, 1.165) is 12.6 Å². The van der Waals surface area contributed by atoms with E-state index in [1.807, 2.05) is 6.92 Å². The zero-order valence-corrected chi connectivity index (χ0v) is 13.2. The van der Waals surface area contributed by atoms with E-state index < -0.39 is 11.6 Å². The Labute approximate surface area is 130 Å². The van der Waals surface area contributed by atoms with Gasteiger partial charge in [-0.2, -0.15) is 0 Å². The van der Waals surface area contributed by atoms with Gasteiger partial charge in [0, 0.05) is 26.4 Å². The Morgan fingerprint density at radius 3 is 2.71 bits per heavy atom. The summed E-state index contributed by atoms with van der Waals surface area (Å²) < 4.78 is 29.4. The van der Waals surface area contributed by atoms with Crippen molar-refractivity contribution in [2.45, 2.75) is 19.4 Å². The van der Waals surface area contributed by atoms with Crippen LogP contribution in [0.25, 0.3) is 9.40 Å². The number of halogens is 2. The Bertz CT molecular complexity index is 719. The maximum absolute atomic E-state index is 13.8. The first kappa shape index (κ1) is 14.6. The predicted octanol–water partition coefficient (Wildman–Crippen LogP) is 5.13. The van der Waals surface area contributed by atoms with Gasteiger partial charge >= 0.3 is 0 Å². The summed E-state index contributed by atoms with van der Waals surface area (Å²) in [6, 6.07) is 8.12.